The van der Waals surface area contributed by atoms with Gasteiger partial charge in [0.2, 0.25) is 0 Å². The quantitative estimate of drug-likeness (QED) is 0.894. The normalized spacial score (nSPS) is 10.2. The Balaban J connectivity index is 1.65. The zero-order valence-corrected chi connectivity index (χ0v) is 12.7. The summed E-state index contributed by atoms with van der Waals surface area (Å²) in [5.41, 5.74) is 0.986. The van der Waals surface area contributed by atoms with Gasteiger partial charge < -0.3 is 10.1 Å². The Morgan fingerprint density at radius 1 is 1.32 bits per heavy atom. The molecule has 0 radical (unpaired) electrons. The zero-order chi connectivity index (χ0) is 13.5. The Hall–Kier alpha value is -1.33. The topological polar surface area (TPSA) is 38.3 Å². The highest BCUT2D eigenvalue weighted by Crippen LogP contribution is 2.19. The first-order valence-corrected chi connectivity index (χ1v) is 7.59. The monoisotopic (exact) mass is 339 g/mol. The second-order valence-electron chi connectivity index (χ2n) is 3.97. The Morgan fingerprint density at radius 2 is 2.11 bits per heavy atom. The number of nitrogens with one attached hydrogen (secondary N) is 1. The minimum Gasteiger partial charge on any atom is -0.445 e. The minimum atomic E-state index is -0.375. The van der Waals surface area contributed by atoms with Crippen LogP contribution in [0.15, 0.2) is 46.3 Å². The fourth-order valence-electron chi connectivity index (χ4n) is 1.55. The molecule has 1 heterocycles. The van der Waals surface area contributed by atoms with Crippen LogP contribution in [-0.4, -0.2) is 12.6 Å². The van der Waals surface area contributed by atoms with Crippen molar-refractivity contribution in [2.45, 2.75) is 13.0 Å². The second-order valence-corrected chi connectivity index (χ2v) is 5.88. The average Bonchev–Trinajstić information content (AvgIpc) is 2.83. The molecule has 2 rings (SSSR count). The number of benzene rings is 1. The van der Waals surface area contributed by atoms with Crippen molar-refractivity contribution >= 4 is 33.4 Å². The van der Waals surface area contributed by atoms with Crippen LogP contribution in [0.25, 0.3) is 0 Å². The first-order valence-electron chi connectivity index (χ1n) is 5.91. The minimum absolute atomic E-state index is 0.303. The summed E-state index contributed by atoms with van der Waals surface area (Å²) in [6, 6.07) is 11.7. The van der Waals surface area contributed by atoms with E-state index in [9.17, 15) is 4.79 Å². The van der Waals surface area contributed by atoms with E-state index >= 15 is 0 Å². The molecule has 0 atom stereocenters. The molecule has 3 nitrogen and oxygen atoms in total. The van der Waals surface area contributed by atoms with E-state index in [0.29, 0.717) is 13.2 Å². The summed E-state index contributed by atoms with van der Waals surface area (Å²) in [4.78, 5) is 12.7. The predicted octanol–water partition coefficient (Wildman–Crippen LogP) is 3.98. The molecule has 0 fully saturated rings. The third-order valence-corrected chi connectivity index (χ3v) is 4.23. The molecule has 0 bridgehead atoms. The molecular weight excluding hydrogens is 326 g/mol. The molecule has 0 aliphatic rings. The number of rotatable bonds is 5. The maximum absolute atomic E-state index is 11.5. The zero-order valence-electron chi connectivity index (χ0n) is 10.3. The number of carbonyl (C=O) groups is 1. The maximum atomic E-state index is 11.5. The van der Waals surface area contributed by atoms with Crippen molar-refractivity contribution in [2.75, 3.05) is 6.54 Å². The van der Waals surface area contributed by atoms with Gasteiger partial charge >= 0.3 is 6.09 Å². The van der Waals surface area contributed by atoms with Crippen LogP contribution in [0.5, 0.6) is 0 Å². The molecule has 1 aromatic heterocycles. The molecule has 0 saturated heterocycles. The summed E-state index contributed by atoms with van der Waals surface area (Å²) < 4.78 is 6.20. The van der Waals surface area contributed by atoms with Crippen molar-refractivity contribution in [1.29, 1.82) is 0 Å². The van der Waals surface area contributed by atoms with Gasteiger partial charge in [-0.2, -0.15) is 0 Å². The van der Waals surface area contributed by atoms with E-state index in [4.69, 9.17) is 4.74 Å². The van der Waals surface area contributed by atoms with Gasteiger partial charge in [-0.25, -0.2) is 4.79 Å². The molecule has 1 amide bonds. The molecule has 100 valence electrons. The number of carbonyl (C=O) groups excluding carboxylic acids is 1. The number of amides is 1. The lowest BCUT2D eigenvalue weighted by Crippen LogP contribution is -2.26. The lowest BCUT2D eigenvalue weighted by atomic mass is 10.2. The average molecular weight is 340 g/mol. The van der Waals surface area contributed by atoms with E-state index in [1.54, 1.807) is 11.3 Å². The van der Waals surface area contributed by atoms with Crippen LogP contribution in [0, 0.1) is 0 Å². The number of hydrogen-bond donors (Lipinski definition) is 1. The Morgan fingerprint density at radius 3 is 2.79 bits per heavy atom. The van der Waals surface area contributed by atoms with Gasteiger partial charge in [-0.1, -0.05) is 30.3 Å². The Bertz CT molecular complexity index is 527. The van der Waals surface area contributed by atoms with Crippen LogP contribution in [0.3, 0.4) is 0 Å². The number of ether oxygens (including phenoxy) is 1. The van der Waals surface area contributed by atoms with Crippen molar-refractivity contribution in [2.24, 2.45) is 0 Å². The lowest BCUT2D eigenvalue weighted by Gasteiger charge is -2.06. The van der Waals surface area contributed by atoms with Gasteiger partial charge in [0.25, 0.3) is 0 Å². The summed E-state index contributed by atoms with van der Waals surface area (Å²) in [6.07, 6.45) is 0.441. The highest BCUT2D eigenvalue weighted by atomic mass is 79.9. The van der Waals surface area contributed by atoms with Crippen LogP contribution in [0.2, 0.25) is 0 Å². The molecule has 0 aliphatic carbocycles. The van der Waals surface area contributed by atoms with Gasteiger partial charge in [-0.3, -0.25) is 0 Å². The van der Waals surface area contributed by atoms with Gasteiger partial charge in [0.05, 0.1) is 0 Å². The highest BCUT2D eigenvalue weighted by molar-refractivity contribution is 9.10. The fourth-order valence-corrected chi connectivity index (χ4v) is 3.00. The number of hydrogen-bond acceptors (Lipinski definition) is 3. The summed E-state index contributed by atoms with van der Waals surface area (Å²) in [5, 5.41) is 4.77. The molecule has 19 heavy (non-hydrogen) atoms. The fraction of sp³-hybridized carbons (Fsp3) is 0.214. The smallest absolute Gasteiger partial charge is 0.407 e. The Kier molecular flexibility index (Phi) is 5.42. The van der Waals surface area contributed by atoms with Crippen LogP contribution in [0.4, 0.5) is 4.79 Å². The number of alkyl carbamates (subject to hydrolysis) is 1. The standard InChI is InChI=1S/C14H14BrNO2S/c15-12-8-13(19-10-12)6-7-16-14(17)18-9-11-4-2-1-3-5-11/h1-5,8,10H,6-7,9H2,(H,16,17). The Labute approximate surface area is 124 Å². The molecule has 5 heteroatoms. The van der Waals surface area contributed by atoms with E-state index in [1.807, 2.05) is 35.7 Å². The SMILES string of the molecule is O=C(NCCc1cc(Br)cs1)OCc1ccccc1. The largest absolute Gasteiger partial charge is 0.445 e. The molecule has 2 aromatic rings. The maximum Gasteiger partial charge on any atom is 0.407 e. The van der Waals surface area contributed by atoms with Gasteiger partial charge in [-0.15, -0.1) is 11.3 Å². The summed E-state index contributed by atoms with van der Waals surface area (Å²) in [6.45, 7) is 0.887. The van der Waals surface area contributed by atoms with E-state index in [2.05, 4.69) is 27.3 Å². The van der Waals surface area contributed by atoms with Crippen molar-refractivity contribution in [3.63, 3.8) is 0 Å². The molecule has 0 aliphatic heterocycles. The van der Waals surface area contributed by atoms with E-state index in [-0.39, 0.29) is 6.09 Å². The molecular formula is C14H14BrNO2S. The van der Waals surface area contributed by atoms with Crippen LogP contribution in [-0.2, 0) is 17.8 Å². The van der Waals surface area contributed by atoms with Crippen LogP contribution >= 0.6 is 27.3 Å². The van der Waals surface area contributed by atoms with Gasteiger partial charge in [0, 0.05) is 21.3 Å². The molecule has 0 spiro atoms. The highest BCUT2D eigenvalue weighted by Gasteiger charge is 2.03. The van der Waals surface area contributed by atoms with Crippen LogP contribution in [0.1, 0.15) is 10.4 Å². The molecule has 1 N–H and O–H groups in total. The summed E-state index contributed by atoms with van der Waals surface area (Å²) >= 11 is 5.07. The van der Waals surface area contributed by atoms with Gasteiger partial charge in [0.15, 0.2) is 0 Å². The summed E-state index contributed by atoms with van der Waals surface area (Å²) in [7, 11) is 0. The van der Waals surface area contributed by atoms with Crippen molar-refractivity contribution in [3.8, 4) is 0 Å². The second kappa shape index (κ2) is 7.31. The van der Waals surface area contributed by atoms with Gasteiger partial charge in [0.1, 0.15) is 6.61 Å². The van der Waals surface area contributed by atoms with Crippen molar-refractivity contribution < 1.29 is 9.53 Å². The first-order chi connectivity index (χ1) is 9.24. The van der Waals surface area contributed by atoms with E-state index in [0.717, 1.165) is 16.5 Å². The third-order valence-electron chi connectivity index (χ3n) is 2.48. The van der Waals surface area contributed by atoms with E-state index < -0.39 is 0 Å². The van der Waals surface area contributed by atoms with Crippen LogP contribution < -0.4 is 5.32 Å². The molecule has 0 saturated carbocycles. The van der Waals surface area contributed by atoms with Crippen molar-refractivity contribution in [1.82, 2.24) is 5.32 Å². The molecule has 1 aromatic carbocycles. The number of thiophene rings is 1. The predicted molar refractivity (Wildman–Crippen MR) is 80.4 cm³/mol. The number of halogens is 1. The van der Waals surface area contributed by atoms with Gasteiger partial charge in [-0.05, 0) is 34.0 Å². The molecule has 0 unspecified atom stereocenters. The first kappa shape index (κ1) is 14.1. The summed E-state index contributed by atoms with van der Waals surface area (Å²) in [5.74, 6) is 0. The van der Waals surface area contributed by atoms with E-state index in [1.165, 1.54) is 4.88 Å². The van der Waals surface area contributed by atoms with Crippen molar-refractivity contribution in [3.05, 3.63) is 56.7 Å². The third kappa shape index (κ3) is 5.04. The lowest BCUT2D eigenvalue weighted by molar-refractivity contribution is 0.140.